The molecule has 0 unspecified atom stereocenters. The van der Waals surface area contributed by atoms with Gasteiger partial charge in [0.25, 0.3) is 0 Å². The number of benzene rings is 1. The molecule has 0 aliphatic rings. The van der Waals surface area contributed by atoms with E-state index in [4.69, 9.17) is 0 Å². The Bertz CT molecular complexity index is 326. The second kappa shape index (κ2) is 6.80. The molecule has 0 saturated carbocycles. The highest BCUT2D eigenvalue weighted by molar-refractivity contribution is 5.44. The van der Waals surface area contributed by atoms with E-state index in [9.17, 15) is 0 Å². The first kappa shape index (κ1) is 11.5. The van der Waals surface area contributed by atoms with E-state index >= 15 is 0 Å². The summed E-state index contributed by atoms with van der Waals surface area (Å²) in [5.74, 6) is 0. The molecule has 1 aromatic carbocycles. The number of hydrogen-bond acceptors (Lipinski definition) is 3. The fourth-order valence-corrected chi connectivity index (χ4v) is 1.32. The van der Waals surface area contributed by atoms with Crippen LogP contribution in [0.5, 0.6) is 0 Å². The van der Waals surface area contributed by atoms with Crippen LogP contribution in [-0.2, 0) is 0 Å². The van der Waals surface area contributed by atoms with Crippen molar-refractivity contribution in [3.63, 3.8) is 0 Å². The second-order valence-corrected chi connectivity index (χ2v) is 3.32. The largest absolute Gasteiger partial charge is 0.375 e. The highest BCUT2D eigenvalue weighted by atomic mass is 15.1. The van der Waals surface area contributed by atoms with Crippen LogP contribution in [0.1, 0.15) is 6.42 Å². The average molecular weight is 203 g/mol. The topological polar surface area (TPSA) is 28.0 Å². The zero-order valence-corrected chi connectivity index (χ0v) is 9.35. The van der Waals surface area contributed by atoms with Crippen molar-refractivity contribution in [1.82, 2.24) is 0 Å². The normalized spacial score (nSPS) is 9.20. The molecular weight excluding hydrogens is 186 g/mol. The van der Waals surface area contributed by atoms with Gasteiger partial charge in [-0.15, -0.1) is 0 Å². The maximum absolute atomic E-state index is 4.01. The van der Waals surface area contributed by atoms with Gasteiger partial charge < -0.3 is 4.90 Å². The van der Waals surface area contributed by atoms with Gasteiger partial charge in [-0.3, -0.25) is 0 Å². The number of para-hydroxylation sites is 1. The minimum absolute atomic E-state index is 0.786. The Balaban J connectivity index is 2.31. The third-order valence-corrected chi connectivity index (χ3v) is 2.13. The van der Waals surface area contributed by atoms with Crippen LogP contribution in [-0.4, -0.2) is 33.2 Å². The molecule has 0 aliphatic heterocycles. The van der Waals surface area contributed by atoms with Gasteiger partial charge in [0.15, 0.2) is 0 Å². The summed E-state index contributed by atoms with van der Waals surface area (Å²) in [6.45, 7) is 1.79. The predicted molar refractivity (Wildman–Crippen MR) is 65.0 cm³/mol. The lowest BCUT2D eigenvalue weighted by Crippen LogP contribution is -2.18. The molecule has 1 rings (SSSR count). The van der Waals surface area contributed by atoms with Crippen molar-refractivity contribution >= 4 is 11.7 Å². The molecule has 15 heavy (non-hydrogen) atoms. The summed E-state index contributed by atoms with van der Waals surface area (Å²) < 4.78 is 0. The van der Waals surface area contributed by atoms with Crippen molar-refractivity contribution in [2.75, 3.05) is 32.1 Å². The number of aliphatic imine (C=N–C) groups is 2. The quantitative estimate of drug-likeness (QED) is 0.533. The van der Waals surface area contributed by atoms with Crippen LogP contribution >= 0.6 is 0 Å². The summed E-state index contributed by atoms with van der Waals surface area (Å²) in [6.07, 6.45) is 1.02. The van der Waals surface area contributed by atoms with Crippen LogP contribution in [0.15, 0.2) is 40.3 Å². The lowest BCUT2D eigenvalue weighted by molar-refractivity contribution is 0.798. The Kier molecular flexibility index (Phi) is 5.20. The molecule has 0 spiro atoms. The fourth-order valence-electron chi connectivity index (χ4n) is 1.32. The van der Waals surface area contributed by atoms with Crippen molar-refractivity contribution in [3.05, 3.63) is 30.3 Å². The molecule has 0 radical (unpaired) electrons. The minimum atomic E-state index is 0.786. The van der Waals surface area contributed by atoms with Gasteiger partial charge in [-0.2, -0.15) is 0 Å². The average Bonchev–Trinajstić information content (AvgIpc) is 2.30. The lowest BCUT2D eigenvalue weighted by atomic mass is 10.3. The molecule has 0 aliphatic carbocycles. The zero-order chi connectivity index (χ0) is 10.9. The molecule has 0 fully saturated rings. The van der Waals surface area contributed by atoms with Crippen molar-refractivity contribution in [3.8, 4) is 0 Å². The first-order valence-electron chi connectivity index (χ1n) is 5.11. The highest BCUT2D eigenvalue weighted by Gasteiger charge is 1.97. The molecule has 0 N–H and O–H groups in total. The molecular formula is C12H17N3. The molecule has 3 nitrogen and oxygen atoms in total. The van der Waals surface area contributed by atoms with Crippen molar-refractivity contribution in [2.45, 2.75) is 6.42 Å². The maximum Gasteiger partial charge on any atom is 0.0889 e. The van der Waals surface area contributed by atoms with Gasteiger partial charge in [0.1, 0.15) is 0 Å². The van der Waals surface area contributed by atoms with Gasteiger partial charge >= 0.3 is 0 Å². The first-order valence-corrected chi connectivity index (χ1v) is 5.11. The number of hydrogen-bond donors (Lipinski definition) is 0. The van der Waals surface area contributed by atoms with Gasteiger partial charge in [0, 0.05) is 26.3 Å². The van der Waals surface area contributed by atoms with Crippen molar-refractivity contribution < 1.29 is 0 Å². The van der Waals surface area contributed by atoms with E-state index in [1.165, 1.54) is 5.69 Å². The summed E-state index contributed by atoms with van der Waals surface area (Å²) in [7, 11) is 3.77. The minimum Gasteiger partial charge on any atom is -0.375 e. The van der Waals surface area contributed by atoms with Crippen LogP contribution in [0.2, 0.25) is 0 Å². The Morgan fingerprint density at radius 3 is 2.67 bits per heavy atom. The molecule has 1 aromatic rings. The second-order valence-electron chi connectivity index (χ2n) is 3.32. The Labute approximate surface area is 91.2 Å². The molecule has 0 atom stereocenters. The van der Waals surface area contributed by atoms with Crippen molar-refractivity contribution in [1.29, 1.82) is 0 Å². The van der Waals surface area contributed by atoms with Crippen LogP contribution in [0, 0.1) is 0 Å². The van der Waals surface area contributed by atoms with E-state index < -0.39 is 0 Å². The molecule has 0 saturated heterocycles. The lowest BCUT2D eigenvalue weighted by Gasteiger charge is -2.18. The van der Waals surface area contributed by atoms with E-state index in [-0.39, 0.29) is 0 Å². The number of anilines is 1. The molecule has 0 heterocycles. The van der Waals surface area contributed by atoms with E-state index in [2.05, 4.69) is 40.1 Å². The van der Waals surface area contributed by atoms with Gasteiger partial charge in [-0.1, -0.05) is 18.2 Å². The van der Waals surface area contributed by atoms with E-state index in [0.717, 1.165) is 19.5 Å². The molecule has 0 aromatic heterocycles. The molecule has 0 bridgehead atoms. The van der Waals surface area contributed by atoms with Crippen LogP contribution < -0.4 is 4.90 Å². The summed E-state index contributed by atoms with van der Waals surface area (Å²) in [5, 5.41) is 0. The predicted octanol–water partition coefficient (Wildman–Crippen LogP) is 2.32. The third kappa shape index (κ3) is 4.43. The fraction of sp³-hybridized carbons (Fsp3) is 0.417. The summed E-state index contributed by atoms with van der Waals surface area (Å²) in [5.41, 5.74) is 1.24. The monoisotopic (exact) mass is 203 g/mol. The van der Waals surface area contributed by atoms with E-state index in [1.54, 1.807) is 7.05 Å². The molecule has 3 heteroatoms. The maximum atomic E-state index is 4.01. The van der Waals surface area contributed by atoms with Crippen LogP contribution in [0.25, 0.3) is 0 Å². The Morgan fingerprint density at radius 1 is 1.27 bits per heavy atom. The number of nitrogens with zero attached hydrogens (tertiary/aromatic N) is 3. The summed E-state index contributed by atoms with van der Waals surface area (Å²) in [4.78, 5) is 9.91. The van der Waals surface area contributed by atoms with Gasteiger partial charge in [-0.25, -0.2) is 9.98 Å². The third-order valence-electron chi connectivity index (χ3n) is 2.13. The SMILES string of the molecule is CN=C=NCCCN(C)c1ccccc1. The standard InChI is InChI=1S/C12H17N3/c1-13-11-14-9-6-10-15(2)12-7-4-3-5-8-12/h3-5,7-8H,6,9-10H2,1-2H3. The Hall–Kier alpha value is -1.60. The smallest absolute Gasteiger partial charge is 0.0889 e. The van der Waals surface area contributed by atoms with Crippen molar-refractivity contribution in [2.24, 2.45) is 9.98 Å². The molecule has 80 valence electrons. The van der Waals surface area contributed by atoms with Gasteiger partial charge in [0.05, 0.1) is 12.6 Å². The van der Waals surface area contributed by atoms with E-state index in [0.29, 0.717) is 0 Å². The summed E-state index contributed by atoms with van der Waals surface area (Å²) in [6, 6.07) is 12.9. The number of rotatable bonds is 5. The summed E-state index contributed by atoms with van der Waals surface area (Å²) >= 11 is 0. The highest BCUT2D eigenvalue weighted by Crippen LogP contribution is 2.10. The van der Waals surface area contributed by atoms with Gasteiger partial charge in [0.2, 0.25) is 0 Å². The van der Waals surface area contributed by atoms with E-state index in [1.807, 2.05) is 18.2 Å². The zero-order valence-electron chi connectivity index (χ0n) is 9.35. The Morgan fingerprint density at radius 2 is 2.00 bits per heavy atom. The molecule has 0 amide bonds. The first-order chi connectivity index (χ1) is 7.34. The van der Waals surface area contributed by atoms with Crippen LogP contribution in [0.3, 0.4) is 0 Å². The van der Waals surface area contributed by atoms with Crippen LogP contribution in [0.4, 0.5) is 5.69 Å². The van der Waals surface area contributed by atoms with Gasteiger partial charge in [-0.05, 0) is 18.6 Å².